The lowest BCUT2D eigenvalue weighted by Gasteiger charge is -2.36. The van der Waals surface area contributed by atoms with Crippen molar-refractivity contribution in [1.82, 2.24) is 5.32 Å². The van der Waals surface area contributed by atoms with Crippen LogP contribution in [-0.4, -0.2) is 26.3 Å². The molecule has 0 spiro atoms. The smallest absolute Gasteiger partial charge is 0.0623 e. The predicted octanol–water partition coefficient (Wildman–Crippen LogP) is 1.80. The zero-order valence-corrected chi connectivity index (χ0v) is 8.59. The van der Waals surface area contributed by atoms with Crippen LogP contribution in [0.3, 0.4) is 0 Å². The Bertz CT molecular complexity index is 156. The van der Waals surface area contributed by atoms with E-state index in [1.54, 1.807) is 0 Å². The van der Waals surface area contributed by atoms with Gasteiger partial charge in [0.15, 0.2) is 0 Å². The molecule has 1 saturated carbocycles. The summed E-state index contributed by atoms with van der Waals surface area (Å²) in [5.41, 5.74) is 0. The number of rotatable bonds is 3. The largest absolute Gasteiger partial charge is 0.381 e. The minimum Gasteiger partial charge on any atom is -0.381 e. The molecule has 0 bridgehead atoms. The Morgan fingerprint density at radius 2 is 2.15 bits per heavy atom. The normalized spacial score (nSPS) is 35.8. The molecule has 0 aromatic heterocycles. The Hall–Kier alpha value is -0.0800. The van der Waals surface area contributed by atoms with Gasteiger partial charge in [-0.25, -0.2) is 0 Å². The fourth-order valence-corrected chi connectivity index (χ4v) is 2.60. The molecule has 1 N–H and O–H groups in total. The summed E-state index contributed by atoms with van der Waals surface area (Å²) in [6.45, 7) is 2.31. The summed E-state index contributed by atoms with van der Waals surface area (Å²) in [5.74, 6) is 1.80. The van der Waals surface area contributed by atoms with Crippen molar-refractivity contribution in [3.8, 4) is 0 Å². The number of piperidine rings is 1. The molecule has 2 rings (SSSR count). The molecule has 2 unspecified atom stereocenters. The van der Waals surface area contributed by atoms with E-state index in [0.29, 0.717) is 6.10 Å². The molecule has 2 heteroatoms. The zero-order chi connectivity index (χ0) is 9.10. The molecule has 1 heterocycles. The summed E-state index contributed by atoms with van der Waals surface area (Å²) >= 11 is 0. The second kappa shape index (κ2) is 4.43. The second-order valence-electron chi connectivity index (χ2n) is 4.56. The van der Waals surface area contributed by atoms with E-state index in [4.69, 9.17) is 4.74 Å². The highest BCUT2D eigenvalue weighted by Crippen LogP contribution is 2.34. The van der Waals surface area contributed by atoms with Crippen LogP contribution in [0.25, 0.3) is 0 Å². The van der Waals surface area contributed by atoms with Crippen LogP contribution < -0.4 is 5.32 Å². The van der Waals surface area contributed by atoms with Gasteiger partial charge in [-0.3, -0.25) is 0 Å². The number of methoxy groups -OCH3 is 1. The highest BCUT2D eigenvalue weighted by atomic mass is 16.5. The molecule has 1 saturated heterocycles. The molecule has 13 heavy (non-hydrogen) atoms. The third-order valence-electron chi connectivity index (χ3n) is 3.70. The standard InChI is InChI=1S/C11H21NO/c1-13-11-5-6-12-8-10(11)7-9-3-2-4-9/h9-12H,2-8H2,1H3. The molecule has 76 valence electrons. The van der Waals surface area contributed by atoms with E-state index in [1.165, 1.54) is 38.6 Å². The lowest BCUT2D eigenvalue weighted by atomic mass is 9.76. The molecule has 0 aromatic carbocycles. The molecular formula is C11H21NO. The summed E-state index contributed by atoms with van der Waals surface area (Å²) in [7, 11) is 1.86. The maximum absolute atomic E-state index is 5.53. The summed E-state index contributed by atoms with van der Waals surface area (Å²) in [5, 5.41) is 3.47. The Morgan fingerprint density at radius 3 is 2.77 bits per heavy atom. The van der Waals surface area contributed by atoms with Crippen LogP contribution in [0.15, 0.2) is 0 Å². The monoisotopic (exact) mass is 183 g/mol. The fourth-order valence-electron chi connectivity index (χ4n) is 2.60. The Kier molecular flexibility index (Phi) is 3.23. The van der Waals surface area contributed by atoms with Crippen molar-refractivity contribution in [2.24, 2.45) is 11.8 Å². The Labute approximate surface area is 81.0 Å². The molecule has 2 fully saturated rings. The van der Waals surface area contributed by atoms with Crippen molar-refractivity contribution in [2.45, 2.75) is 38.2 Å². The summed E-state index contributed by atoms with van der Waals surface area (Å²) < 4.78 is 5.53. The number of hydrogen-bond acceptors (Lipinski definition) is 2. The average molecular weight is 183 g/mol. The van der Waals surface area contributed by atoms with Crippen LogP contribution in [0.2, 0.25) is 0 Å². The fraction of sp³-hybridized carbons (Fsp3) is 1.00. The van der Waals surface area contributed by atoms with Gasteiger partial charge in [0, 0.05) is 13.7 Å². The molecule has 2 aliphatic rings. The van der Waals surface area contributed by atoms with E-state index in [9.17, 15) is 0 Å². The third-order valence-corrected chi connectivity index (χ3v) is 3.70. The van der Waals surface area contributed by atoms with Crippen LogP contribution in [-0.2, 0) is 4.74 Å². The lowest BCUT2D eigenvalue weighted by Crippen LogP contribution is -2.42. The first kappa shape index (κ1) is 9.47. The molecule has 1 aliphatic heterocycles. The number of nitrogens with one attached hydrogen (secondary N) is 1. The minimum absolute atomic E-state index is 0.529. The van der Waals surface area contributed by atoms with Gasteiger partial charge in [0.25, 0.3) is 0 Å². The molecular weight excluding hydrogens is 162 g/mol. The van der Waals surface area contributed by atoms with Crippen LogP contribution in [0.5, 0.6) is 0 Å². The SMILES string of the molecule is COC1CCNCC1CC1CCC1. The maximum atomic E-state index is 5.53. The van der Waals surface area contributed by atoms with Gasteiger partial charge in [-0.2, -0.15) is 0 Å². The minimum atomic E-state index is 0.529. The third kappa shape index (κ3) is 2.23. The Morgan fingerprint density at radius 1 is 1.31 bits per heavy atom. The van der Waals surface area contributed by atoms with Crippen LogP contribution >= 0.6 is 0 Å². The van der Waals surface area contributed by atoms with Gasteiger partial charge in [-0.05, 0) is 31.2 Å². The van der Waals surface area contributed by atoms with E-state index in [1.807, 2.05) is 7.11 Å². The van der Waals surface area contributed by atoms with Crippen LogP contribution in [0, 0.1) is 11.8 Å². The van der Waals surface area contributed by atoms with Gasteiger partial charge < -0.3 is 10.1 Å². The quantitative estimate of drug-likeness (QED) is 0.720. The van der Waals surface area contributed by atoms with Gasteiger partial charge in [0.2, 0.25) is 0 Å². The number of hydrogen-bond donors (Lipinski definition) is 1. The highest BCUT2D eigenvalue weighted by Gasteiger charge is 2.29. The van der Waals surface area contributed by atoms with Crippen molar-refractivity contribution in [3.05, 3.63) is 0 Å². The molecule has 0 aromatic rings. The van der Waals surface area contributed by atoms with Gasteiger partial charge in [0.1, 0.15) is 0 Å². The van der Waals surface area contributed by atoms with Crippen molar-refractivity contribution in [1.29, 1.82) is 0 Å². The first-order chi connectivity index (χ1) is 6.40. The first-order valence-corrected chi connectivity index (χ1v) is 5.63. The van der Waals surface area contributed by atoms with E-state index in [-0.39, 0.29) is 0 Å². The van der Waals surface area contributed by atoms with Crippen molar-refractivity contribution >= 4 is 0 Å². The van der Waals surface area contributed by atoms with E-state index >= 15 is 0 Å². The van der Waals surface area contributed by atoms with Gasteiger partial charge in [0.05, 0.1) is 6.10 Å². The summed E-state index contributed by atoms with van der Waals surface area (Å²) in [4.78, 5) is 0. The summed E-state index contributed by atoms with van der Waals surface area (Å²) in [6, 6.07) is 0. The zero-order valence-electron chi connectivity index (χ0n) is 8.59. The summed E-state index contributed by atoms with van der Waals surface area (Å²) in [6.07, 6.45) is 7.52. The second-order valence-corrected chi connectivity index (χ2v) is 4.56. The van der Waals surface area contributed by atoms with Crippen LogP contribution in [0.4, 0.5) is 0 Å². The average Bonchev–Trinajstić information content (AvgIpc) is 2.12. The predicted molar refractivity (Wildman–Crippen MR) is 53.7 cm³/mol. The van der Waals surface area contributed by atoms with Crippen molar-refractivity contribution in [3.63, 3.8) is 0 Å². The molecule has 2 atom stereocenters. The number of ether oxygens (including phenoxy) is 1. The molecule has 2 nitrogen and oxygen atoms in total. The maximum Gasteiger partial charge on any atom is 0.0623 e. The Balaban J connectivity index is 1.79. The van der Waals surface area contributed by atoms with Crippen molar-refractivity contribution < 1.29 is 4.74 Å². The van der Waals surface area contributed by atoms with Crippen LogP contribution in [0.1, 0.15) is 32.1 Å². The van der Waals surface area contributed by atoms with E-state index in [0.717, 1.165) is 18.4 Å². The molecule has 0 radical (unpaired) electrons. The lowest BCUT2D eigenvalue weighted by molar-refractivity contribution is 0.0157. The highest BCUT2D eigenvalue weighted by molar-refractivity contribution is 4.82. The van der Waals surface area contributed by atoms with E-state index in [2.05, 4.69) is 5.32 Å². The van der Waals surface area contributed by atoms with Gasteiger partial charge >= 0.3 is 0 Å². The van der Waals surface area contributed by atoms with E-state index < -0.39 is 0 Å². The molecule has 0 amide bonds. The van der Waals surface area contributed by atoms with Crippen molar-refractivity contribution in [2.75, 3.05) is 20.2 Å². The van der Waals surface area contributed by atoms with Gasteiger partial charge in [-0.1, -0.05) is 19.3 Å². The first-order valence-electron chi connectivity index (χ1n) is 5.63. The van der Waals surface area contributed by atoms with Gasteiger partial charge in [-0.15, -0.1) is 0 Å². The molecule has 1 aliphatic carbocycles. The topological polar surface area (TPSA) is 21.3 Å².